The number of hydrogen-bond acceptors (Lipinski definition) is 3. The Hall–Kier alpha value is -2.82. The maximum Gasteiger partial charge on any atom is 0.328 e. The Bertz CT molecular complexity index is 685. The van der Waals surface area contributed by atoms with Crippen molar-refractivity contribution in [1.29, 1.82) is 0 Å². The molecule has 1 N–H and O–H groups in total. The first-order valence-electron chi connectivity index (χ1n) is 7.11. The van der Waals surface area contributed by atoms with Crippen LogP contribution in [0.5, 0.6) is 5.75 Å². The fourth-order valence-corrected chi connectivity index (χ4v) is 2.33. The lowest BCUT2D eigenvalue weighted by Crippen LogP contribution is -2.49. The number of nitrogens with one attached hydrogen (secondary N) is 1. The van der Waals surface area contributed by atoms with E-state index < -0.39 is 6.03 Å². The van der Waals surface area contributed by atoms with Crippen molar-refractivity contribution in [3.8, 4) is 5.75 Å². The highest BCUT2D eigenvalue weighted by Crippen LogP contribution is 2.29. The summed E-state index contributed by atoms with van der Waals surface area (Å²) in [5.74, 6) is 0.375. The Morgan fingerprint density at radius 1 is 1.00 bits per heavy atom. The summed E-state index contributed by atoms with van der Waals surface area (Å²) in [6, 6.07) is 16.7. The Labute approximate surface area is 128 Å². The number of hydrogen-bond donors (Lipinski definition) is 1. The van der Waals surface area contributed by atoms with Gasteiger partial charge in [0.15, 0.2) is 0 Å². The summed E-state index contributed by atoms with van der Waals surface area (Å²) in [5.41, 5.74) is 1.72. The second-order valence-corrected chi connectivity index (χ2v) is 5.00. The number of anilines is 1. The van der Waals surface area contributed by atoms with E-state index in [4.69, 9.17) is 4.74 Å². The van der Waals surface area contributed by atoms with Gasteiger partial charge in [-0.2, -0.15) is 0 Å². The van der Waals surface area contributed by atoms with E-state index in [1.165, 1.54) is 4.90 Å². The molecular formula is C17H16N2O3. The molecule has 1 heterocycles. The molecule has 3 rings (SSSR count). The monoisotopic (exact) mass is 296 g/mol. The second-order valence-electron chi connectivity index (χ2n) is 5.00. The van der Waals surface area contributed by atoms with Crippen LogP contribution in [0.15, 0.2) is 54.6 Å². The lowest BCUT2D eigenvalue weighted by Gasteiger charge is -2.28. The van der Waals surface area contributed by atoms with Gasteiger partial charge in [0.1, 0.15) is 12.4 Å². The van der Waals surface area contributed by atoms with Crippen molar-refractivity contribution < 1.29 is 14.3 Å². The minimum atomic E-state index is -0.410. The lowest BCUT2D eigenvalue weighted by atomic mass is 10.2. The fourth-order valence-electron chi connectivity index (χ4n) is 2.33. The SMILES string of the molecule is O=C1CCN(c2ccccc2OCc2ccccc2)C(=O)N1. The summed E-state index contributed by atoms with van der Waals surface area (Å²) in [6.45, 7) is 0.780. The minimum Gasteiger partial charge on any atom is -0.487 e. The van der Waals surface area contributed by atoms with Gasteiger partial charge in [-0.05, 0) is 17.7 Å². The number of carbonyl (C=O) groups is 2. The molecule has 2 aromatic carbocycles. The predicted molar refractivity (Wildman–Crippen MR) is 82.7 cm³/mol. The quantitative estimate of drug-likeness (QED) is 0.943. The van der Waals surface area contributed by atoms with Gasteiger partial charge < -0.3 is 4.74 Å². The van der Waals surface area contributed by atoms with E-state index >= 15 is 0 Å². The number of imide groups is 1. The van der Waals surface area contributed by atoms with E-state index in [-0.39, 0.29) is 5.91 Å². The molecule has 0 unspecified atom stereocenters. The van der Waals surface area contributed by atoms with Gasteiger partial charge in [0.05, 0.1) is 5.69 Å². The van der Waals surface area contributed by atoms with Crippen molar-refractivity contribution in [2.45, 2.75) is 13.0 Å². The number of nitrogens with zero attached hydrogens (tertiary/aromatic N) is 1. The molecular weight excluding hydrogens is 280 g/mol. The van der Waals surface area contributed by atoms with E-state index in [9.17, 15) is 9.59 Å². The van der Waals surface area contributed by atoms with E-state index in [0.29, 0.717) is 31.0 Å². The van der Waals surface area contributed by atoms with Crippen molar-refractivity contribution >= 4 is 17.6 Å². The highest BCUT2D eigenvalue weighted by molar-refractivity contribution is 6.06. The number of para-hydroxylation sites is 2. The van der Waals surface area contributed by atoms with E-state index in [2.05, 4.69) is 5.32 Å². The summed E-state index contributed by atoms with van der Waals surface area (Å²) in [7, 11) is 0. The summed E-state index contributed by atoms with van der Waals surface area (Å²) in [6.07, 6.45) is 0.290. The van der Waals surface area contributed by atoms with Gasteiger partial charge in [0.2, 0.25) is 5.91 Å². The van der Waals surface area contributed by atoms with Crippen molar-refractivity contribution in [3.63, 3.8) is 0 Å². The predicted octanol–water partition coefficient (Wildman–Crippen LogP) is 2.71. The lowest BCUT2D eigenvalue weighted by molar-refractivity contribution is -0.120. The molecule has 112 valence electrons. The molecule has 0 bridgehead atoms. The number of benzene rings is 2. The normalized spacial score (nSPS) is 14.6. The molecule has 0 spiro atoms. The van der Waals surface area contributed by atoms with Crippen LogP contribution in [0.1, 0.15) is 12.0 Å². The molecule has 1 fully saturated rings. The van der Waals surface area contributed by atoms with Gasteiger partial charge in [-0.25, -0.2) is 4.79 Å². The highest BCUT2D eigenvalue weighted by Gasteiger charge is 2.26. The van der Waals surface area contributed by atoms with Crippen LogP contribution in [-0.2, 0) is 11.4 Å². The van der Waals surface area contributed by atoms with Crippen molar-refractivity contribution in [2.24, 2.45) is 0 Å². The maximum atomic E-state index is 12.0. The zero-order chi connectivity index (χ0) is 15.4. The number of carbonyl (C=O) groups excluding carboxylic acids is 2. The van der Waals surface area contributed by atoms with Crippen LogP contribution in [0.25, 0.3) is 0 Å². The summed E-state index contributed by atoms with van der Waals surface area (Å²) >= 11 is 0. The zero-order valence-corrected chi connectivity index (χ0v) is 12.0. The third kappa shape index (κ3) is 3.09. The summed E-state index contributed by atoms with van der Waals surface area (Å²) in [4.78, 5) is 24.8. The molecule has 5 nitrogen and oxygen atoms in total. The number of urea groups is 1. The molecule has 0 aromatic heterocycles. The minimum absolute atomic E-state index is 0.246. The van der Waals surface area contributed by atoms with Crippen molar-refractivity contribution in [3.05, 3.63) is 60.2 Å². The first-order chi connectivity index (χ1) is 10.7. The van der Waals surface area contributed by atoms with Crippen LogP contribution >= 0.6 is 0 Å². The molecule has 0 saturated carbocycles. The molecule has 1 aliphatic rings. The molecule has 0 radical (unpaired) electrons. The smallest absolute Gasteiger partial charge is 0.328 e. The van der Waals surface area contributed by atoms with Gasteiger partial charge in [-0.15, -0.1) is 0 Å². The molecule has 1 aliphatic heterocycles. The van der Waals surface area contributed by atoms with Crippen molar-refractivity contribution in [2.75, 3.05) is 11.4 Å². The Morgan fingerprint density at radius 3 is 2.50 bits per heavy atom. The first-order valence-corrected chi connectivity index (χ1v) is 7.11. The molecule has 22 heavy (non-hydrogen) atoms. The highest BCUT2D eigenvalue weighted by atomic mass is 16.5. The van der Waals surface area contributed by atoms with E-state index in [0.717, 1.165) is 5.56 Å². The molecule has 5 heteroatoms. The van der Waals surface area contributed by atoms with Crippen molar-refractivity contribution in [1.82, 2.24) is 5.32 Å². The third-order valence-corrected chi connectivity index (χ3v) is 3.45. The van der Waals surface area contributed by atoms with Crippen LogP contribution in [0.3, 0.4) is 0 Å². The van der Waals surface area contributed by atoms with Gasteiger partial charge in [-0.3, -0.25) is 15.0 Å². The van der Waals surface area contributed by atoms with Crippen LogP contribution in [0.2, 0.25) is 0 Å². The van der Waals surface area contributed by atoms with Gasteiger partial charge in [0, 0.05) is 13.0 Å². The first kappa shape index (κ1) is 14.1. The summed E-state index contributed by atoms with van der Waals surface area (Å²) in [5, 5.41) is 2.32. The fraction of sp³-hybridized carbons (Fsp3) is 0.176. The Balaban J connectivity index is 1.78. The third-order valence-electron chi connectivity index (χ3n) is 3.45. The van der Waals surface area contributed by atoms with Crippen LogP contribution in [0, 0.1) is 0 Å². The van der Waals surface area contributed by atoms with Gasteiger partial charge in [0.25, 0.3) is 0 Å². The van der Waals surface area contributed by atoms with Crippen LogP contribution < -0.4 is 15.0 Å². The second kappa shape index (κ2) is 6.30. The zero-order valence-electron chi connectivity index (χ0n) is 12.0. The number of rotatable bonds is 4. The molecule has 3 amide bonds. The standard InChI is InChI=1S/C17H16N2O3/c20-16-10-11-19(17(21)18-16)14-8-4-5-9-15(14)22-12-13-6-2-1-3-7-13/h1-9H,10-12H2,(H,18,20,21). The molecule has 2 aromatic rings. The van der Waals surface area contributed by atoms with E-state index in [1.807, 2.05) is 54.6 Å². The topological polar surface area (TPSA) is 58.6 Å². The largest absolute Gasteiger partial charge is 0.487 e. The van der Waals surface area contributed by atoms with Gasteiger partial charge in [-0.1, -0.05) is 42.5 Å². The Morgan fingerprint density at radius 2 is 1.73 bits per heavy atom. The summed E-state index contributed by atoms with van der Waals surface area (Å²) < 4.78 is 5.84. The Kier molecular flexibility index (Phi) is 4.05. The molecule has 1 saturated heterocycles. The van der Waals surface area contributed by atoms with Crippen LogP contribution in [-0.4, -0.2) is 18.5 Å². The maximum absolute atomic E-state index is 12.0. The average molecular weight is 296 g/mol. The average Bonchev–Trinajstić information content (AvgIpc) is 2.54. The van der Waals surface area contributed by atoms with E-state index in [1.54, 1.807) is 0 Å². The van der Waals surface area contributed by atoms with Gasteiger partial charge >= 0.3 is 6.03 Å². The molecule has 0 atom stereocenters. The number of amides is 3. The molecule has 0 aliphatic carbocycles. The van der Waals surface area contributed by atoms with Crippen LogP contribution in [0.4, 0.5) is 10.5 Å². The number of ether oxygens (including phenoxy) is 1.